The van der Waals surface area contributed by atoms with Gasteiger partial charge in [-0.05, 0) is 38.6 Å². The van der Waals surface area contributed by atoms with E-state index in [-0.39, 0.29) is 12.7 Å². The summed E-state index contributed by atoms with van der Waals surface area (Å²) in [5.41, 5.74) is 0. The highest BCUT2D eigenvalue weighted by Gasteiger charge is 2.25. The molecule has 2 atom stereocenters. The molecule has 1 heterocycles. The van der Waals surface area contributed by atoms with Crippen molar-refractivity contribution in [1.29, 1.82) is 0 Å². The molecule has 0 aromatic carbocycles. The van der Waals surface area contributed by atoms with Crippen LogP contribution in [0.3, 0.4) is 0 Å². The predicted octanol–water partition coefficient (Wildman–Crippen LogP) is 1.40. The molecule has 1 aliphatic rings. The van der Waals surface area contributed by atoms with Gasteiger partial charge in [-0.25, -0.2) is 0 Å². The SMILES string of the molecule is CCCCOCC(O)CN1CCCC1CCCO. The van der Waals surface area contributed by atoms with Crippen molar-refractivity contribution < 1.29 is 14.9 Å². The van der Waals surface area contributed by atoms with Gasteiger partial charge in [0.2, 0.25) is 0 Å². The Morgan fingerprint density at radius 2 is 2.22 bits per heavy atom. The van der Waals surface area contributed by atoms with Gasteiger partial charge in [0.15, 0.2) is 0 Å². The third-order valence-electron chi connectivity index (χ3n) is 3.59. The fourth-order valence-electron chi connectivity index (χ4n) is 2.58. The largest absolute Gasteiger partial charge is 0.396 e. The summed E-state index contributed by atoms with van der Waals surface area (Å²) in [6.45, 7) is 5.39. The first-order valence-electron chi connectivity index (χ1n) is 7.38. The normalized spacial score (nSPS) is 22.5. The van der Waals surface area contributed by atoms with Gasteiger partial charge in [-0.1, -0.05) is 13.3 Å². The zero-order valence-corrected chi connectivity index (χ0v) is 11.7. The van der Waals surface area contributed by atoms with E-state index < -0.39 is 0 Å². The predicted molar refractivity (Wildman–Crippen MR) is 72.6 cm³/mol. The molecular formula is C14H29NO3. The van der Waals surface area contributed by atoms with Crippen LogP contribution in [0, 0.1) is 0 Å². The average Bonchev–Trinajstić information content (AvgIpc) is 2.79. The van der Waals surface area contributed by atoms with Crippen LogP contribution in [0.25, 0.3) is 0 Å². The summed E-state index contributed by atoms with van der Waals surface area (Å²) in [4.78, 5) is 2.35. The molecule has 0 bridgehead atoms. The highest BCUT2D eigenvalue weighted by molar-refractivity contribution is 4.80. The van der Waals surface area contributed by atoms with E-state index in [4.69, 9.17) is 9.84 Å². The van der Waals surface area contributed by atoms with Crippen LogP contribution in [-0.2, 0) is 4.74 Å². The van der Waals surface area contributed by atoms with Gasteiger partial charge in [-0.15, -0.1) is 0 Å². The van der Waals surface area contributed by atoms with Gasteiger partial charge in [0, 0.05) is 25.8 Å². The highest BCUT2D eigenvalue weighted by atomic mass is 16.5. The molecule has 108 valence electrons. The first kappa shape index (κ1) is 15.9. The van der Waals surface area contributed by atoms with Crippen LogP contribution in [0.1, 0.15) is 45.4 Å². The van der Waals surface area contributed by atoms with Crippen LogP contribution in [0.15, 0.2) is 0 Å². The van der Waals surface area contributed by atoms with Gasteiger partial charge in [-0.2, -0.15) is 0 Å². The number of ether oxygens (including phenoxy) is 1. The molecule has 1 rings (SSSR count). The molecule has 4 nitrogen and oxygen atoms in total. The van der Waals surface area contributed by atoms with E-state index in [2.05, 4.69) is 11.8 Å². The minimum absolute atomic E-state index is 0.271. The standard InChI is InChI=1S/C14H29NO3/c1-2-3-10-18-12-14(17)11-15-8-4-6-13(15)7-5-9-16/h13-14,16-17H,2-12H2,1H3. The number of rotatable bonds is 10. The second kappa shape index (κ2) is 9.73. The third-order valence-corrected chi connectivity index (χ3v) is 3.59. The van der Waals surface area contributed by atoms with Crippen LogP contribution in [0.4, 0.5) is 0 Å². The number of β-amino-alcohol motifs (C(OH)–C–C–N with tert-alkyl or cyclic N) is 1. The Morgan fingerprint density at radius 1 is 1.39 bits per heavy atom. The number of nitrogens with zero attached hydrogens (tertiary/aromatic N) is 1. The number of hydrogen-bond donors (Lipinski definition) is 2. The van der Waals surface area contributed by atoms with Crippen molar-refractivity contribution in [3.05, 3.63) is 0 Å². The van der Waals surface area contributed by atoms with Crippen molar-refractivity contribution in [2.24, 2.45) is 0 Å². The van der Waals surface area contributed by atoms with Gasteiger partial charge in [0.05, 0.1) is 12.7 Å². The van der Waals surface area contributed by atoms with Gasteiger partial charge in [0.1, 0.15) is 0 Å². The molecule has 1 saturated heterocycles. The van der Waals surface area contributed by atoms with E-state index in [1.54, 1.807) is 0 Å². The number of hydrogen-bond acceptors (Lipinski definition) is 4. The summed E-state index contributed by atoms with van der Waals surface area (Å²) in [6, 6.07) is 0.544. The Bertz CT molecular complexity index is 201. The van der Waals surface area contributed by atoms with Gasteiger partial charge < -0.3 is 14.9 Å². The summed E-state index contributed by atoms with van der Waals surface area (Å²) in [5.74, 6) is 0. The molecule has 0 aromatic heterocycles. The van der Waals surface area contributed by atoms with Crippen LogP contribution >= 0.6 is 0 Å². The molecular weight excluding hydrogens is 230 g/mol. The molecule has 2 N–H and O–H groups in total. The minimum Gasteiger partial charge on any atom is -0.396 e. The summed E-state index contributed by atoms with van der Waals surface area (Å²) in [7, 11) is 0. The van der Waals surface area contributed by atoms with Gasteiger partial charge in [-0.3, -0.25) is 4.90 Å². The molecule has 1 fully saturated rings. The Kier molecular flexibility index (Phi) is 8.59. The summed E-state index contributed by atoms with van der Waals surface area (Å²) in [6.07, 6.45) is 6.13. The molecule has 0 saturated carbocycles. The zero-order chi connectivity index (χ0) is 13.2. The van der Waals surface area contributed by atoms with Crippen molar-refractivity contribution in [2.75, 3.05) is 32.9 Å². The van der Waals surface area contributed by atoms with Crippen molar-refractivity contribution in [1.82, 2.24) is 4.90 Å². The van der Waals surface area contributed by atoms with Crippen molar-refractivity contribution in [3.63, 3.8) is 0 Å². The molecule has 0 amide bonds. The second-order valence-corrected chi connectivity index (χ2v) is 5.24. The quantitative estimate of drug-likeness (QED) is 0.582. The lowest BCUT2D eigenvalue weighted by atomic mass is 10.1. The first-order valence-corrected chi connectivity index (χ1v) is 7.38. The molecule has 0 aliphatic carbocycles. The molecule has 4 heteroatoms. The maximum Gasteiger partial charge on any atom is 0.0900 e. The molecule has 0 aromatic rings. The Hall–Kier alpha value is -0.160. The number of unbranched alkanes of at least 4 members (excludes halogenated alkanes) is 1. The number of aliphatic hydroxyl groups is 2. The fraction of sp³-hybridized carbons (Fsp3) is 1.00. The maximum atomic E-state index is 9.94. The maximum absolute atomic E-state index is 9.94. The molecule has 0 radical (unpaired) electrons. The molecule has 2 unspecified atom stereocenters. The van der Waals surface area contributed by atoms with E-state index in [1.807, 2.05) is 0 Å². The zero-order valence-electron chi connectivity index (χ0n) is 11.7. The summed E-state index contributed by atoms with van der Waals surface area (Å²) < 4.78 is 5.45. The Morgan fingerprint density at radius 3 is 2.94 bits per heavy atom. The lowest BCUT2D eigenvalue weighted by Crippen LogP contribution is -2.38. The van der Waals surface area contributed by atoms with E-state index >= 15 is 0 Å². The Balaban J connectivity index is 2.14. The van der Waals surface area contributed by atoms with Crippen LogP contribution in [0.5, 0.6) is 0 Å². The fourth-order valence-corrected chi connectivity index (χ4v) is 2.58. The van der Waals surface area contributed by atoms with E-state index in [9.17, 15) is 5.11 Å². The van der Waals surface area contributed by atoms with Crippen molar-refractivity contribution in [2.45, 2.75) is 57.6 Å². The van der Waals surface area contributed by atoms with Crippen molar-refractivity contribution in [3.8, 4) is 0 Å². The lowest BCUT2D eigenvalue weighted by Gasteiger charge is -2.26. The molecule has 1 aliphatic heterocycles. The van der Waals surface area contributed by atoms with E-state index in [0.29, 0.717) is 19.2 Å². The lowest BCUT2D eigenvalue weighted by molar-refractivity contribution is 0.0127. The average molecular weight is 259 g/mol. The second-order valence-electron chi connectivity index (χ2n) is 5.24. The van der Waals surface area contributed by atoms with Crippen LogP contribution in [0.2, 0.25) is 0 Å². The smallest absolute Gasteiger partial charge is 0.0900 e. The van der Waals surface area contributed by atoms with Gasteiger partial charge in [0.25, 0.3) is 0 Å². The summed E-state index contributed by atoms with van der Waals surface area (Å²) in [5, 5.41) is 18.8. The molecule has 18 heavy (non-hydrogen) atoms. The van der Waals surface area contributed by atoms with E-state index in [0.717, 1.165) is 38.8 Å². The van der Waals surface area contributed by atoms with E-state index in [1.165, 1.54) is 12.8 Å². The number of aliphatic hydroxyl groups excluding tert-OH is 2. The van der Waals surface area contributed by atoms with Gasteiger partial charge >= 0.3 is 0 Å². The third kappa shape index (κ3) is 6.14. The number of likely N-dealkylation sites (tertiary alicyclic amines) is 1. The topological polar surface area (TPSA) is 52.9 Å². The highest BCUT2D eigenvalue weighted by Crippen LogP contribution is 2.21. The summed E-state index contributed by atoms with van der Waals surface area (Å²) >= 11 is 0. The van der Waals surface area contributed by atoms with Crippen LogP contribution in [-0.4, -0.2) is 60.2 Å². The van der Waals surface area contributed by atoms with Crippen LogP contribution < -0.4 is 0 Å². The first-order chi connectivity index (χ1) is 8.77. The van der Waals surface area contributed by atoms with Crippen molar-refractivity contribution >= 4 is 0 Å². The Labute approximate surface area is 111 Å². The monoisotopic (exact) mass is 259 g/mol. The molecule has 0 spiro atoms. The minimum atomic E-state index is -0.378.